The quantitative estimate of drug-likeness (QED) is 0.0390. The van der Waals surface area contributed by atoms with Crippen molar-refractivity contribution >= 4 is 11.6 Å². The highest BCUT2D eigenvalue weighted by atomic mass is 16.6. The van der Waals surface area contributed by atoms with Gasteiger partial charge in [-0.2, -0.15) is 0 Å². The first-order valence-electron chi connectivity index (χ1n) is 27.2. The van der Waals surface area contributed by atoms with Crippen LogP contribution < -0.4 is 14.2 Å². The van der Waals surface area contributed by atoms with Gasteiger partial charge in [-0.05, 0) is 63.2 Å². The van der Waals surface area contributed by atoms with Gasteiger partial charge in [0.25, 0.3) is 0 Å². The zero-order valence-electron chi connectivity index (χ0n) is 44.9. The van der Waals surface area contributed by atoms with Gasteiger partial charge >= 0.3 is 0 Å². The topological polar surface area (TPSA) is 128 Å². The molecule has 1 fully saturated rings. The Hall–Kier alpha value is -8.68. The van der Waals surface area contributed by atoms with Crippen molar-refractivity contribution in [3.63, 3.8) is 0 Å². The maximum Gasteiger partial charge on any atom is 0.178 e. The Labute approximate surface area is 473 Å². The number of benzene rings is 9. The summed E-state index contributed by atoms with van der Waals surface area (Å²) < 4.78 is 54.4. The lowest BCUT2D eigenvalue weighted by molar-refractivity contribution is -0.275. The summed E-state index contributed by atoms with van der Waals surface area (Å²) in [5.41, 5.74) is 6.45. The normalized spacial score (nSPS) is 16.8. The van der Waals surface area contributed by atoms with Gasteiger partial charge in [0.2, 0.25) is 0 Å². The van der Waals surface area contributed by atoms with Crippen molar-refractivity contribution in [1.29, 1.82) is 0 Å². The van der Waals surface area contributed by atoms with Crippen LogP contribution in [-0.2, 0) is 69.9 Å². The molecule has 410 valence electrons. The van der Waals surface area contributed by atoms with Crippen molar-refractivity contribution in [1.82, 2.24) is 0 Å². The number of aromatic hydroxyl groups is 1. The SMILES string of the molecule is O=C(CC(=O)c1c(OCc2ccccc2)cc(OCc2ccccc2)c([C@@H]2O[C@H](COCc3ccccc3)[C@@H](OCc3ccccc3)[C@H](OCc3ccccc3)[C@H]2OCc2ccccc2)c1O)c1ccc(OCc2ccccc2)cc1. The average Bonchev–Trinajstić information content (AvgIpc) is 3.67. The van der Waals surface area contributed by atoms with E-state index in [1.807, 2.05) is 212 Å². The number of Topliss-reactive ketones (excluding diaryl/α,β-unsaturated/α-hetero) is 2. The molecule has 0 amide bonds. The van der Waals surface area contributed by atoms with E-state index >= 15 is 4.79 Å². The summed E-state index contributed by atoms with van der Waals surface area (Å²) in [5, 5.41) is 13.3. The van der Waals surface area contributed by atoms with Gasteiger partial charge in [0.05, 0.1) is 45.0 Å². The van der Waals surface area contributed by atoms with E-state index in [2.05, 4.69) is 0 Å². The number of phenols is 1. The molecule has 10 rings (SSSR count). The number of phenolic OH excluding ortho intramolecular Hbond substituents is 1. The Morgan fingerprint density at radius 3 is 1.23 bits per heavy atom. The van der Waals surface area contributed by atoms with Crippen molar-refractivity contribution in [2.75, 3.05) is 6.61 Å². The highest BCUT2D eigenvalue weighted by molar-refractivity contribution is 6.15. The van der Waals surface area contributed by atoms with Gasteiger partial charge < -0.3 is 43.0 Å². The number of rotatable bonds is 27. The first-order chi connectivity index (χ1) is 39.9. The summed E-state index contributed by atoms with van der Waals surface area (Å²) in [6.07, 6.45) is -5.48. The Kier molecular flexibility index (Phi) is 19.5. The highest BCUT2D eigenvalue weighted by Crippen LogP contribution is 2.49. The molecule has 0 radical (unpaired) electrons. The van der Waals surface area contributed by atoms with Gasteiger partial charge in [-0.3, -0.25) is 9.59 Å². The molecule has 1 saturated heterocycles. The fraction of sp³-hybridized carbons (Fsp3) is 0.200. The Balaban J connectivity index is 1.09. The average molecular weight is 1080 g/mol. The van der Waals surface area contributed by atoms with Crippen LogP contribution in [0.15, 0.2) is 243 Å². The number of ketones is 2. The van der Waals surface area contributed by atoms with Gasteiger partial charge in [0, 0.05) is 11.6 Å². The summed E-state index contributed by atoms with van der Waals surface area (Å²) in [7, 11) is 0. The van der Waals surface area contributed by atoms with Crippen LogP contribution in [0.5, 0.6) is 23.0 Å². The Morgan fingerprint density at radius 1 is 0.395 bits per heavy atom. The molecule has 5 atom stereocenters. The first-order valence-corrected chi connectivity index (χ1v) is 27.2. The second-order valence-electron chi connectivity index (χ2n) is 19.8. The molecular weight excluding hydrogens is 1020 g/mol. The van der Waals surface area contributed by atoms with Crippen LogP contribution in [-0.4, -0.2) is 47.7 Å². The molecule has 1 aliphatic rings. The summed E-state index contributed by atoms with van der Waals surface area (Å²) in [4.78, 5) is 29.5. The van der Waals surface area contributed by atoms with Gasteiger partial charge in [-0.15, -0.1) is 0 Å². The largest absolute Gasteiger partial charge is 0.507 e. The molecule has 0 bridgehead atoms. The second-order valence-corrected chi connectivity index (χ2v) is 19.8. The number of hydrogen-bond acceptors (Lipinski definition) is 11. The molecular formula is C70H64O11. The molecule has 1 heterocycles. The van der Waals surface area contributed by atoms with E-state index < -0.39 is 54.3 Å². The molecule has 0 spiro atoms. The van der Waals surface area contributed by atoms with Crippen LogP contribution in [0.4, 0.5) is 0 Å². The monoisotopic (exact) mass is 1080 g/mol. The lowest BCUT2D eigenvalue weighted by Gasteiger charge is -2.46. The number of ether oxygens (including phenoxy) is 8. The van der Waals surface area contributed by atoms with Crippen molar-refractivity contribution in [3.05, 3.63) is 298 Å². The number of hydrogen-bond donors (Lipinski definition) is 1. The Morgan fingerprint density at radius 2 is 0.778 bits per heavy atom. The summed E-state index contributed by atoms with van der Waals surface area (Å²) in [6.45, 7) is 1.18. The lowest BCUT2D eigenvalue weighted by Crippen LogP contribution is -2.58. The zero-order valence-corrected chi connectivity index (χ0v) is 44.9. The highest BCUT2D eigenvalue weighted by Gasteiger charge is 2.51. The molecule has 9 aromatic carbocycles. The molecule has 0 aliphatic carbocycles. The second kappa shape index (κ2) is 28.5. The minimum absolute atomic E-state index is 0.00637. The fourth-order valence-corrected chi connectivity index (χ4v) is 9.72. The molecule has 0 unspecified atom stereocenters. The predicted molar refractivity (Wildman–Crippen MR) is 309 cm³/mol. The lowest BCUT2D eigenvalue weighted by atomic mass is 9.87. The molecule has 1 aliphatic heterocycles. The third-order valence-electron chi connectivity index (χ3n) is 13.9. The standard InChI is InChI=1S/C70H64O11/c71-59(57-36-38-58(39-37-57)75-43-51-24-10-2-11-25-51)40-60(72)64-61(76-44-52-26-12-3-13-27-52)41-62(77-45-53-28-14-4-15-29-53)65(66(64)73)68-70(80-48-56-34-20-7-21-35-56)69(79-47-55-32-18-6-19-33-55)67(78-46-54-30-16-5-17-31-54)63(81-68)49-74-42-50-22-8-1-9-23-50/h1-39,41,63,67-70,73H,40,42-49H2/t63-,67-,68+,69+,70+/m1/s1. The van der Waals surface area contributed by atoms with E-state index in [-0.39, 0.29) is 74.4 Å². The van der Waals surface area contributed by atoms with Crippen LogP contribution in [0.3, 0.4) is 0 Å². The summed E-state index contributed by atoms with van der Waals surface area (Å²) in [6, 6.07) is 76.4. The first kappa shape index (κ1) is 55.6. The van der Waals surface area contributed by atoms with E-state index in [9.17, 15) is 9.90 Å². The maximum absolute atomic E-state index is 15.2. The molecule has 11 nitrogen and oxygen atoms in total. The van der Waals surface area contributed by atoms with Gasteiger partial charge in [0.15, 0.2) is 11.6 Å². The van der Waals surface area contributed by atoms with E-state index in [0.29, 0.717) is 12.4 Å². The summed E-state index contributed by atoms with van der Waals surface area (Å²) in [5.74, 6) is -0.949. The van der Waals surface area contributed by atoms with Crippen LogP contribution in [0.25, 0.3) is 0 Å². The van der Waals surface area contributed by atoms with E-state index in [0.717, 1.165) is 38.9 Å². The van der Waals surface area contributed by atoms with E-state index in [4.69, 9.17) is 37.9 Å². The van der Waals surface area contributed by atoms with E-state index in [1.54, 1.807) is 30.3 Å². The number of carbonyl (C=O) groups excluding carboxylic acids is 2. The van der Waals surface area contributed by atoms with Crippen molar-refractivity contribution < 1.29 is 52.6 Å². The molecule has 11 heteroatoms. The van der Waals surface area contributed by atoms with Gasteiger partial charge in [-0.1, -0.05) is 212 Å². The minimum Gasteiger partial charge on any atom is -0.507 e. The fourth-order valence-electron chi connectivity index (χ4n) is 9.72. The third kappa shape index (κ3) is 15.4. The van der Waals surface area contributed by atoms with Gasteiger partial charge in [0.1, 0.15) is 78.9 Å². The number of carbonyl (C=O) groups is 2. The van der Waals surface area contributed by atoms with Crippen molar-refractivity contribution in [2.24, 2.45) is 0 Å². The summed E-state index contributed by atoms with van der Waals surface area (Å²) >= 11 is 0. The van der Waals surface area contributed by atoms with Crippen molar-refractivity contribution in [2.45, 2.75) is 83.2 Å². The molecule has 9 aromatic rings. The third-order valence-corrected chi connectivity index (χ3v) is 13.9. The molecule has 81 heavy (non-hydrogen) atoms. The Bertz CT molecular complexity index is 3350. The van der Waals surface area contributed by atoms with Crippen LogP contribution >= 0.6 is 0 Å². The van der Waals surface area contributed by atoms with E-state index in [1.165, 1.54) is 0 Å². The van der Waals surface area contributed by atoms with Crippen molar-refractivity contribution in [3.8, 4) is 23.0 Å². The maximum atomic E-state index is 15.2. The zero-order chi connectivity index (χ0) is 55.4. The predicted octanol–water partition coefficient (Wildman–Crippen LogP) is 14.0. The van der Waals surface area contributed by atoms with Gasteiger partial charge in [-0.25, -0.2) is 0 Å². The molecule has 0 aromatic heterocycles. The van der Waals surface area contributed by atoms with Crippen LogP contribution in [0, 0.1) is 0 Å². The van der Waals surface area contributed by atoms with Crippen LogP contribution in [0.2, 0.25) is 0 Å². The minimum atomic E-state index is -1.23. The molecule has 1 N–H and O–H groups in total. The molecule has 0 saturated carbocycles. The van der Waals surface area contributed by atoms with Crippen LogP contribution in [0.1, 0.15) is 77.7 Å². The smallest absolute Gasteiger partial charge is 0.178 e.